The molecule has 0 spiro atoms. The second-order valence-electron chi connectivity index (χ2n) is 5.96. The Morgan fingerprint density at radius 3 is 1.94 bits per heavy atom. The fourth-order valence-electron chi connectivity index (χ4n) is 2.57. The molecule has 0 aliphatic carbocycles. The highest BCUT2D eigenvalue weighted by atomic mass is 19.4. The van der Waals surface area contributed by atoms with Gasteiger partial charge in [0.15, 0.2) is 17.2 Å². The molecule has 0 bridgehead atoms. The Hall–Kier alpha value is -3.89. The number of benzene rings is 2. The number of methoxy groups -OCH3 is 3. The van der Waals surface area contributed by atoms with Crippen molar-refractivity contribution in [2.45, 2.75) is 6.18 Å². The molecule has 0 radical (unpaired) electrons. The molecule has 31 heavy (non-hydrogen) atoms. The van der Waals surface area contributed by atoms with Gasteiger partial charge < -0.3 is 29.4 Å². The first kappa shape index (κ1) is 23.4. The zero-order chi connectivity index (χ0) is 23.3. The van der Waals surface area contributed by atoms with Crippen LogP contribution in [0.4, 0.5) is 13.2 Å². The molecule has 1 aromatic heterocycles. The molecule has 2 aromatic carbocycles. The molecule has 0 saturated heterocycles. The fourth-order valence-corrected chi connectivity index (χ4v) is 2.57. The standard InChI is InChI=1S/C18H17NO5.C2HF3O2/c1-22-11-6-4-10(5-7-11)16-18(21)17(20)12-8-14(23-2)15(24-3)9-13(12)19-16;3-2(4,5)1(6)7/h4-9,21H,1-3H3,(H,19,20);(H,6,7). The number of aromatic amines is 1. The van der Waals surface area contributed by atoms with Gasteiger partial charge in [0.2, 0.25) is 5.43 Å². The number of ether oxygens (including phenoxy) is 3. The Morgan fingerprint density at radius 1 is 0.968 bits per heavy atom. The van der Waals surface area contributed by atoms with E-state index >= 15 is 0 Å². The van der Waals surface area contributed by atoms with Crippen molar-refractivity contribution < 1.29 is 42.4 Å². The molecule has 0 fully saturated rings. The van der Waals surface area contributed by atoms with Crippen molar-refractivity contribution in [1.29, 1.82) is 0 Å². The first-order valence-electron chi connectivity index (χ1n) is 8.49. The summed E-state index contributed by atoms with van der Waals surface area (Å²) >= 11 is 0. The van der Waals surface area contributed by atoms with E-state index in [9.17, 15) is 23.1 Å². The maximum absolute atomic E-state index is 12.5. The minimum atomic E-state index is -5.08. The van der Waals surface area contributed by atoms with E-state index in [4.69, 9.17) is 24.1 Å². The zero-order valence-electron chi connectivity index (χ0n) is 16.5. The van der Waals surface area contributed by atoms with Gasteiger partial charge in [-0.25, -0.2) is 4.79 Å². The van der Waals surface area contributed by atoms with E-state index in [0.29, 0.717) is 39.4 Å². The van der Waals surface area contributed by atoms with Crippen molar-refractivity contribution >= 4 is 16.9 Å². The first-order valence-corrected chi connectivity index (χ1v) is 8.49. The van der Waals surface area contributed by atoms with Crippen molar-refractivity contribution in [3.63, 3.8) is 0 Å². The van der Waals surface area contributed by atoms with Crippen LogP contribution in [-0.4, -0.2) is 48.7 Å². The lowest BCUT2D eigenvalue weighted by molar-refractivity contribution is -0.192. The Balaban J connectivity index is 0.000000423. The molecule has 0 atom stereocenters. The number of carboxylic acids is 1. The van der Waals surface area contributed by atoms with E-state index in [0.717, 1.165) is 0 Å². The molecular formula is C20H18F3NO7. The molecule has 0 aliphatic heterocycles. The van der Waals surface area contributed by atoms with E-state index in [1.54, 1.807) is 43.5 Å². The van der Waals surface area contributed by atoms with Crippen molar-refractivity contribution in [3.05, 3.63) is 46.6 Å². The Morgan fingerprint density at radius 2 is 1.48 bits per heavy atom. The summed E-state index contributed by atoms with van der Waals surface area (Å²) in [6, 6.07) is 10.2. The molecule has 3 rings (SSSR count). The van der Waals surface area contributed by atoms with Crippen LogP contribution in [0, 0.1) is 0 Å². The number of carboxylic acid groups (broad SMARTS) is 1. The van der Waals surface area contributed by atoms with Gasteiger partial charge in [0, 0.05) is 11.6 Å². The Bertz CT molecular complexity index is 1140. The van der Waals surface area contributed by atoms with E-state index < -0.39 is 17.6 Å². The highest BCUT2D eigenvalue weighted by Gasteiger charge is 2.38. The molecule has 3 N–H and O–H groups in total. The summed E-state index contributed by atoms with van der Waals surface area (Å²) in [6.07, 6.45) is -5.08. The van der Waals surface area contributed by atoms with E-state index in [-0.39, 0.29) is 5.75 Å². The van der Waals surface area contributed by atoms with Crippen LogP contribution in [0.5, 0.6) is 23.0 Å². The van der Waals surface area contributed by atoms with Crippen LogP contribution in [0.1, 0.15) is 0 Å². The number of aromatic nitrogens is 1. The number of alkyl halides is 3. The summed E-state index contributed by atoms with van der Waals surface area (Å²) < 4.78 is 47.3. The van der Waals surface area contributed by atoms with Gasteiger partial charge in [-0.15, -0.1) is 0 Å². The van der Waals surface area contributed by atoms with Crippen LogP contribution in [0.2, 0.25) is 0 Å². The Kier molecular flexibility index (Phi) is 7.00. The van der Waals surface area contributed by atoms with Gasteiger partial charge >= 0.3 is 12.1 Å². The smallest absolute Gasteiger partial charge is 0.490 e. The number of H-pyrrole nitrogens is 1. The van der Waals surface area contributed by atoms with Crippen molar-refractivity contribution in [3.8, 4) is 34.3 Å². The molecule has 3 aromatic rings. The normalized spacial score (nSPS) is 10.8. The van der Waals surface area contributed by atoms with Crippen LogP contribution < -0.4 is 19.6 Å². The van der Waals surface area contributed by atoms with E-state index in [1.165, 1.54) is 14.2 Å². The molecule has 0 amide bonds. The highest BCUT2D eigenvalue weighted by Crippen LogP contribution is 2.34. The van der Waals surface area contributed by atoms with Gasteiger partial charge in [0.05, 0.1) is 37.9 Å². The van der Waals surface area contributed by atoms with Gasteiger partial charge in [-0.3, -0.25) is 4.79 Å². The lowest BCUT2D eigenvalue weighted by Gasteiger charge is -2.12. The van der Waals surface area contributed by atoms with Crippen LogP contribution in [0.25, 0.3) is 22.2 Å². The van der Waals surface area contributed by atoms with Crippen molar-refractivity contribution in [2.75, 3.05) is 21.3 Å². The average Bonchev–Trinajstić information content (AvgIpc) is 2.75. The summed E-state index contributed by atoms with van der Waals surface area (Å²) in [6.45, 7) is 0. The zero-order valence-corrected chi connectivity index (χ0v) is 16.5. The number of nitrogens with one attached hydrogen (secondary N) is 1. The number of hydrogen-bond donors (Lipinski definition) is 3. The maximum Gasteiger partial charge on any atom is 0.490 e. The lowest BCUT2D eigenvalue weighted by Crippen LogP contribution is -2.21. The fraction of sp³-hybridized carbons (Fsp3) is 0.200. The molecule has 11 heteroatoms. The molecule has 0 unspecified atom stereocenters. The molecule has 1 heterocycles. The molecule has 8 nitrogen and oxygen atoms in total. The SMILES string of the molecule is COc1ccc(-c2[nH]c3cc(OC)c(OC)cc3c(=O)c2O)cc1.O=C(O)C(F)(F)F. The number of aliphatic carboxylic acids is 1. The second-order valence-corrected chi connectivity index (χ2v) is 5.96. The van der Waals surface area contributed by atoms with Gasteiger partial charge in [0.25, 0.3) is 0 Å². The number of rotatable bonds is 4. The van der Waals surface area contributed by atoms with Gasteiger partial charge in [-0.05, 0) is 30.3 Å². The topological polar surface area (TPSA) is 118 Å². The summed E-state index contributed by atoms with van der Waals surface area (Å²) in [5.41, 5.74) is 1.07. The van der Waals surface area contributed by atoms with Gasteiger partial charge in [-0.2, -0.15) is 13.2 Å². The largest absolute Gasteiger partial charge is 0.503 e. The molecular weight excluding hydrogens is 423 g/mol. The third-order valence-corrected chi connectivity index (χ3v) is 4.10. The summed E-state index contributed by atoms with van der Waals surface area (Å²) in [4.78, 5) is 24.5. The number of aromatic hydroxyl groups is 1. The number of carbonyl (C=O) groups is 1. The number of halogens is 3. The van der Waals surface area contributed by atoms with Crippen LogP contribution >= 0.6 is 0 Å². The van der Waals surface area contributed by atoms with Crippen LogP contribution in [0.3, 0.4) is 0 Å². The summed E-state index contributed by atoms with van der Waals surface area (Å²) in [7, 11) is 4.58. The number of pyridine rings is 1. The predicted molar refractivity (Wildman–Crippen MR) is 105 cm³/mol. The third-order valence-electron chi connectivity index (χ3n) is 4.10. The molecule has 0 aliphatic rings. The molecule has 0 saturated carbocycles. The predicted octanol–water partition coefficient (Wildman–Crippen LogP) is 3.56. The monoisotopic (exact) mass is 441 g/mol. The lowest BCUT2D eigenvalue weighted by atomic mass is 10.1. The minimum Gasteiger partial charge on any atom is -0.503 e. The Labute approximate surface area is 173 Å². The number of hydrogen-bond acceptors (Lipinski definition) is 6. The minimum absolute atomic E-state index is 0.322. The average molecular weight is 441 g/mol. The van der Waals surface area contributed by atoms with E-state index in [1.807, 2.05) is 0 Å². The van der Waals surface area contributed by atoms with Crippen LogP contribution in [0.15, 0.2) is 41.2 Å². The third kappa shape index (κ3) is 5.18. The van der Waals surface area contributed by atoms with E-state index in [2.05, 4.69) is 4.98 Å². The van der Waals surface area contributed by atoms with Crippen LogP contribution in [-0.2, 0) is 4.79 Å². The quantitative estimate of drug-likeness (QED) is 0.567. The summed E-state index contributed by atoms with van der Waals surface area (Å²) in [5.74, 6) is -1.50. The second kappa shape index (κ2) is 9.28. The first-order chi connectivity index (χ1) is 14.5. The molecule has 166 valence electrons. The number of fused-ring (bicyclic) bond motifs is 1. The van der Waals surface area contributed by atoms with Crippen molar-refractivity contribution in [2.24, 2.45) is 0 Å². The van der Waals surface area contributed by atoms with Gasteiger partial charge in [0.1, 0.15) is 5.75 Å². The van der Waals surface area contributed by atoms with Crippen molar-refractivity contribution in [1.82, 2.24) is 4.98 Å². The summed E-state index contributed by atoms with van der Waals surface area (Å²) in [5, 5.41) is 17.8. The highest BCUT2D eigenvalue weighted by molar-refractivity contribution is 5.87. The maximum atomic E-state index is 12.5. The van der Waals surface area contributed by atoms with Gasteiger partial charge in [-0.1, -0.05) is 0 Å².